The Bertz CT molecular complexity index is 2690. The van der Waals surface area contributed by atoms with Crippen LogP contribution in [0.1, 0.15) is 52.4 Å². The fourth-order valence-electron chi connectivity index (χ4n) is 10.2. The molecule has 3 amide bonds. The van der Waals surface area contributed by atoms with Gasteiger partial charge >= 0.3 is 12.1 Å². The number of carbonyl (C=O) groups excluding carboxylic acids is 4. The minimum atomic E-state index is -2.12. The van der Waals surface area contributed by atoms with Gasteiger partial charge in [0.05, 0.1) is 56.7 Å². The molecule has 4 aliphatic heterocycles. The Balaban J connectivity index is 1.33. The van der Waals surface area contributed by atoms with E-state index >= 15 is 14.4 Å². The Morgan fingerprint density at radius 3 is 2.22 bits per heavy atom. The lowest BCUT2D eigenvalue weighted by atomic mass is 9.65. The average molecular weight is 921 g/mol. The molecule has 3 N–H and O–H groups in total. The lowest BCUT2D eigenvalue weighted by molar-refractivity contribution is -0.177. The summed E-state index contributed by atoms with van der Waals surface area (Å²) in [6.45, 7) is 1.79. The van der Waals surface area contributed by atoms with Gasteiger partial charge in [-0.1, -0.05) is 90.7 Å². The number of aliphatic hydroxyl groups excluding tert-OH is 2. The molecule has 15 heteroatoms. The van der Waals surface area contributed by atoms with E-state index in [4.69, 9.17) is 23.7 Å². The number of methoxy groups -OCH3 is 1. The number of anilines is 3. The number of hydrogen-bond donors (Lipinski definition) is 3. The van der Waals surface area contributed by atoms with Crippen LogP contribution in [-0.2, 0) is 38.7 Å². The van der Waals surface area contributed by atoms with Crippen LogP contribution in [0.4, 0.5) is 21.9 Å². The molecule has 15 nitrogen and oxygen atoms in total. The van der Waals surface area contributed by atoms with E-state index in [1.165, 1.54) is 7.11 Å². The van der Waals surface area contributed by atoms with Gasteiger partial charge in [-0.15, -0.1) is 0 Å². The van der Waals surface area contributed by atoms with Gasteiger partial charge in [0.2, 0.25) is 11.8 Å². The Morgan fingerprint density at radius 2 is 1.51 bits per heavy atom. The standard InChI is InChI=1S/C53H52N4O11/c1-64-32-33-67-52(63)56-42-24-19-35(12-10-11-27-58)34-41(42)53(51(56)62)44(49(60)54-38-20-22-39(23-21-38)55-25-29-65-30-26-55)46-50(61)68-47(37-15-6-3-7-16-37)45(36-13-4-2-5-14-36)57(46)48(53)40-17-8-9-18-43(40)66-31-28-59/h2-9,13-24,34,44-48,58-59H,11,25-33H2,1H3,(H,54,60)/t44-,45-,46-,47+,48+,53-/m0/s1. The summed E-state index contributed by atoms with van der Waals surface area (Å²) in [7, 11) is 1.46. The summed E-state index contributed by atoms with van der Waals surface area (Å²) in [5.74, 6) is 2.44. The maximum Gasteiger partial charge on any atom is 0.421 e. The predicted molar refractivity (Wildman–Crippen MR) is 251 cm³/mol. The van der Waals surface area contributed by atoms with E-state index in [-0.39, 0.29) is 56.5 Å². The summed E-state index contributed by atoms with van der Waals surface area (Å²) in [4.78, 5) is 67.4. The number of nitrogens with one attached hydrogen (secondary N) is 1. The molecule has 9 rings (SSSR count). The topological polar surface area (TPSA) is 177 Å². The van der Waals surface area contributed by atoms with Gasteiger partial charge in [0.25, 0.3) is 0 Å². The first kappa shape index (κ1) is 46.1. The third kappa shape index (κ3) is 8.46. The van der Waals surface area contributed by atoms with Gasteiger partial charge in [0.1, 0.15) is 36.5 Å². The molecule has 3 fully saturated rings. The molecule has 6 atom stereocenters. The van der Waals surface area contributed by atoms with Crippen molar-refractivity contribution in [3.05, 3.63) is 155 Å². The van der Waals surface area contributed by atoms with E-state index in [9.17, 15) is 15.0 Å². The van der Waals surface area contributed by atoms with Gasteiger partial charge in [0.15, 0.2) is 0 Å². The highest BCUT2D eigenvalue weighted by atomic mass is 16.6. The number of imide groups is 1. The number of hydrogen-bond acceptors (Lipinski definition) is 13. The van der Waals surface area contributed by atoms with Crippen molar-refractivity contribution >= 4 is 40.9 Å². The monoisotopic (exact) mass is 920 g/mol. The summed E-state index contributed by atoms with van der Waals surface area (Å²) in [5.41, 5.74) is 1.79. The van der Waals surface area contributed by atoms with Crippen molar-refractivity contribution in [1.82, 2.24) is 4.90 Å². The summed E-state index contributed by atoms with van der Waals surface area (Å²) >= 11 is 0. The Kier molecular flexibility index (Phi) is 13.8. The third-order valence-electron chi connectivity index (χ3n) is 13.0. The molecule has 1 spiro atoms. The molecule has 0 aliphatic carbocycles. The zero-order valence-electron chi connectivity index (χ0n) is 37.5. The van der Waals surface area contributed by atoms with Crippen LogP contribution in [-0.4, -0.2) is 111 Å². The predicted octanol–water partition coefficient (Wildman–Crippen LogP) is 5.72. The highest BCUT2D eigenvalue weighted by molar-refractivity contribution is 6.24. The molecular weight excluding hydrogens is 869 g/mol. The molecule has 5 aromatic carbocycles. The van der Waals surface area contributed by atoms with Crippen LogP contribution < -0.4 is 19.9 Å². The lowest BCUT2D eigenvalue weighted by Crippen LogP contribution is -2.54. The highest BCUT2D eigenvalue weighted by Gasteiger charge is 2.76. The Labute approximate surface area is 394 Å². The first-order valence-corrected chi connectivity index (χ1v) is 22.7. The first-order chi connectivity index (χ1) is 33.3. The van der Waals surface area contributed by atoms with E-state index in [0.29, 0.717) is 48.7 Å². The number of esters is 1. The number of benzene rings is 5. The van der Waals surface area contributed by atoms with Crippen LogP contribution in [0.2, 0.25) is 0 Å². The number of morpholine rings is 2. The first-order valence-electron chi connectivity index (χ1n) is 22.7. The number of nitrogens with zero attached hydrogens (tertiary/aromatic N) is 3. The number of aliphatic hydroxyl groups is 2. The minimum Gasteiger partial charge on any atom is -0.491 e. The third-order valence-corrected chi connectivity index (χ3v) is 13.0. The molecule has 0 saturated carbocycles. The summed E-state index contributed by atoms with van der Waals surface area (Å²) in [5, 5.41) is 22.8. The Hall–Kier alpha value is -7.06. The fraction of sp³-hybridized carbons (Fsp3) is 0.321. The van der Waals surface area contributed by atoms with E-state index in [2.05, 4.69) is 22.1 Å². The molecule has 0 radical (unpaired) electrons. The van der Waals surface area contributed by atoms with Crippen molar-refractivity contribution in [2.24, 2.45) is 5.92 Å². The quantitative estimate of drug-likeness (QED) is 0.0744. The summed E-state index contributed by atoms with van der Waals surface area (Å²) in [6.07, 6.45) is -1.81. The van der Waals surface area contributed by atoms with Crippen LogP contribution in [0.3, 0.4) is 0 Å². The molecule has 0 bridgehead atoms. The van der Waals surface area contributed by atoms with Crippen molar-refractivity contribution in [2.75, 3.05) is 81.6 Å². The second-order valence-electron chi connectivity index (χ2n) is 16.8. The van der Waals surface area contributed by atoms with Crippen LogP contribution in [0.25, 0.3) is 0 Å². The second-order valence-corrected chi connectivity index (χ2v) is 16.8. The van der Waals surface area contributed by atoms with Crippen LogP contribution >= 0.6 is 0 Å². The summed E-state index contributed by atoms with van der Waals surface area (Å²) in [6, 6.07) is 34.4. The zero-order valence-corrected chi connectivity index (χ0v) is 37.5. The number of cyclic esters (lactones) is 1. The zero-order chi connectivity index (χ0) is 47.2. The smallest absolute Gasteiger partial charge is 0.421 e. The second kappa shape index (κ2) is 20.4. The summed E-state index contributed by atoms with van der Waals surface area (Å²) < 4.78 is 29.3. The van der Waals surface area contributed by atoms with Crippen LogP contribution in [0.5, 0.6) is 5.75 Å². The molecule has 68 heavy (non-hydrogen) atoms. The maximum atomic E-state index is 16.4. The van der Waals surface area contributed by atoms with Gasteiger partial charge in [-0.25, -0.2) is 9.69 Å². The van der Waals surface area contributed by atoms with Crippen molar-refractivity contribution < 1.29 is 53.1 Å². The van der Waals surface area contributed by atoms with Gasteiger partial charge in [0, 0.05) is 49.1 Å². The fourth-order valence-corrected chi connectivity index (χ4v) is 10.2. The van der Waals surface area contributed by atoms with Gasteiger partial charge in [-0.2, -0.15) is 0 Å². The van der Waals surface area contributed by atoms with Gasteiger partial charge in [-0.3, -0.25) is 19.3 Å². The molecule has 0 unspecified atom stereocenters. The molecule has 0 aromatic heterocycles. The number of rotatable bonds is 13. The van der Waals surface area contributed by atoms with E-state index in [1.54, 1.807) is 54.6 Å². The van der Waals surface area contributed by atoms with E-state index in [1.807, 2.05) is 77.7 Å². The largest absolute Gasteiger partial charge is 0.491 e. The van der Waals surface area contributed by atoms with Crippen molar-refractivity contribution in [1.29, 1.82) is 0 Å². The average Bonchev–Trinajstić information content (AvgIpc) is 3.83. The molecule has 5 aromatic rings. The molecule has 350 valence electrons. The molecule has 4 heterocycles. The van der Waals surface area contributed by atoms with Crippen molar-refractivity contribution in [3.8, 4) is 17.6 Å². The maximum absolute atomic E-state index is 16.4. The number of ether oxygens (including phenoxy) is 5. The number of para-hydroxylation sites is 1. The molecular formula is C53H52N4O11. The van der Waals surface area contributed by atoms with E-state index < -0.39 is 59.4 Å². The molecule has 4 aliphatic rings. The van der Waals surface area contributed by atoms with Crippen LogP contribution in [0, 0.1) is 17.8 Å². The number of amides is 3. The lowest BCUT2D eigenvalue weighted by Gasteiger charge is -2.46. The number of fused-ring (bicyclic) bond motifs is 3. The van der Waals surface area contributed by atoms with E-state index in [0.717, 1.165) is 16.2 Å². The van der Waals surface area contributed by atoms with Crippen molar-refractivity contribution in [3.63, 3.8) is 0 Å². The van der Waals surface area contributed by atoms with Gasteiger partial charge < -0.3 is 44.1 Å². The Morgan fingerprint density at radius 1 is 0.809 bits per heavy atom. The minimum absolute atomic E-state index is 0.0417. The van der Waals surface area contributed by atoms with Gasteiger partial charge in [-0.05, 0) is 65.2 Å². The SMILES string of the molecule is COCCOC(=O)N1C(=O)[C@@]2(c3cc(C#CCCO)ccc31)[C@H](C(=O)Nc1ccc(N3CCOCC3)cc1)[C@H]1C(=O)O[C@H](c3ccccc3)[C@H](c3ccccc3)N1[C@@H]2c1ccccc1OCCO. The highest BCUT2D eigenvalue weighted by Crippen LogP contribution is 2.66. The molecule has 3 saturated heterocycles. The van der Waals surface area contributed by atoms with Crippen molar-refractivity contribution in [2.45, 2.75) is 36.1 Å². The normalized spacial score (nSPS) is 23.0. The number of carbonyl (C=O) groups is 4. The van der Waals surface area contributed by atoms with Crippen LogP contribution in [0.15, 0.2) is 127 Å².